The summed E-state index contributed by atoms with van der Waals surface area (Å²) in [6.45, 7) is 7.05. The van der Waals surface area contributed by atoms with Crippen LogP contribution in [0.15, 0.2) is 24.3 Å². The minimum atomic E-state index is 0.221. The predicted molar refractivity (Wildman–Crippen MR) is 79.1 cm³/mol. The maximum absolute atomic E-state index is 6.03. The molecule has 2 aliphatic heterocycles. The van der Waals surface area contributed by atoms with Gasteiger partial charge in [-0.1, -0.05) is 12.1 Å². The van der Waals surface area contributed by atoms with Crippen LogP contribution in [-0.2, 0) is 11.3 Å². The fourth-order valence-corrected chi connectivity index (χ4v) is 2.84. The zero-order valence-corrected chi connectivity index (χ0v) is 12.0. The predicted octanol–water partition coefficient (Wildman–Crippen LogP) is 1.65. The monoisotopic (exact) mass is 276 g/mol. The zero-order chi connectivity index (χ0) is 13.6. The van der Waals surface area contributed by atoms with Crippen molar-refractivity contribution < 1.29 is 9.47 Å². The van der Waals surface area contributed by atoms with Gasteiger partial charge in [0.05, 0.1) is 6.61 Å². The van der Waals surface area contributed by atoms with E-state index in [1.54, 1.807) is 0 Å². The highest BCUT2D eigenvalue weighted by Gasteiger charge is 2.16. The third-order valence-electron chi connectivity index (χ3n) is 3.94. The lowest BCUT2D eigenvalue weighted by Gasteiger charge is -2.27. The van der Waals surface area contributed by atoms with E-state index < -0.39 is 0 Å². The summed E-state index contributed by atoms with van der Waals surface area (Å²) in [6.07, 6.45) is 2.42. The van der Waals surface area contributed by atoms with Gasteiger partial charge in [-0.3, -0.25) is 4.90 Å². The molecule has 0 spiro atoms. The van der Waals surface area contributed by atoms with Crippen LogP contribution in [0.4, 0.5) is 0 Å². The summed E-state index contributed by atoms with van der Waals surface area (Å²) in [5.74, 6) is 0.980. The summed E-state index contributed by atoms with van der Waals surface area (Å²) in [5.41, 5.74) is 1.33. The minimum Gasteiger partial charge on any atom is -0.488 e. The lowest BCUT2D eigenvalue weighted by atomic mass is 10.1. The summed E-state index contributed by atoms with van der Waals surface area (Å²) < 4.78 is 11.5. The Balaban J connectivity index is 1.57. The first-order valence-corrected chi connectivity index (χ1v) is 7.66. The van der Waals surface area contributed by atoms with Crippen LogP contribution >= 0.6 is 0 Å². The molecule has 0 aromatic heterocycles. The second kappa shape index (κ2) is 7.07. The first-order valence-electron chi connectivity index (χ1n) is 7.66. The van der Waals surface area contributed by atoms with Crippen molar-refractivity contribution in [3.8, 4) is 5.75 Å². The third kappa shape index (κ3) is 3.95. The maximum atomic E-state index is 6.03. The van der Waals surface area contributed by atoms with E-state index in [1.165, 1.54) is 5.56 Å². The molecule has 3 rings (SSSR count). The molecule has 110 valence electrons. The highest BCUT2D eigenvalue weighted by Crippen LogP contribution is 2.19. The van der Waals surface area contributed by atoms with Gasteiger partial charge in [-0.25, -0.2) is 0 Å². The van der Waals surface area contributed by atoms with Crippen molar-refractivity contribution in [2.45, 2.75) is 25.5 Å². The van der Waals surface area contributed by atoms with Gasteiger partial charge < -0.3 is 14.8 Å². The number of hydrogen-bond donors (Lipinski definition) is 1. The van der Waals surface area contributed by atoms with Crippen LogP contribution < -0.4 is 10.1 Å². The second-order valence-electron chi connectivity index (χ2n) is 5.63. The molecule has 1 aromatic rings. The fraction of sp³-hybridized carbons (Fsp3) is 0.625. The third-order valence-corrected chi connectivity index (χ3v) is 3.94. The first kappa shape index (κ1) is 13.9. The Morgan fingerprint density at radius 1 is 1.30 bits per heavy atom. The molecule has 1 N–H and O–H groups in total. The first-order chi connectivity index (χ1) is 9.90. The van der Waals surface area contributed by atoms with Gasteiger partial charge in [-0.05, 0) is 30.5 Å². The van der Waals surface area contributed by atoms with E-state index in [-0.39, 0.29) is 6.10 Å². The number of nitrogens with zero attached hydrogens (tertiary/aromatic N) is 1. The largest absolute Gasteiger partial charge is 0.488 e. The fourth-order valence-electron chi connectivity index (χ4n) is 2.84. The van der Waals surface area contributed by atoms with Crippen molar-refractivity contribution >= 4 is 0 Å². The minimum absolute atomic E-state index is 0.221. The Morgan fingerprint density at radius 2 is 2.20 bits per heavy atom. The maximum Gasteiger partial charge on any atom is 0.122 e. The van der Waals surface area contributed by atoms with Crippen LogP contribution in [0.2, 0.25) is 0 Å². The standard InChI is InChI=1S/C16H24N2O2/c1-3-14(12-18-8-6-17-7-9-18)11-15(4-1)20-16-5-2-10-19-13-16/h1,3-4,11,16-17H,2,5-10,12-13H2. The quantitative estimate of drug-likeness (QED) is 0.906. The molecule has 1 unspecified atom stereocenters. The lowest BCUT2D eigenvalue weighted by Crippen LogP contribution is -2.42. The van der Waals surface area contributed by atoms with Crippen molar-refractivity contribution in [2.75, 3.05) is 39.4 Å². The molecule has 4 nitrogen and oxygen atoms in total. The van der Waals surface area contributed by atoms with Crippen LogP contribution in [0.1, 0.15) is 18.4 Å². The van der Waals surface area contributed by atoms with Crippen molar-refractivity contribution in [1.82, 2.24) is 10.2 Å². The Hall–Kier alpha value is -1.10. The van der Waals surface area contributed by atoms with E-state index in [2.05, 4.69) is 34.5 Å². The number of benzene rings is 1. The van der Waals surface area contributed by atoms with Gasteiger partial charge >= 0.3 is 0 Å². The summed E-state index contributed by atoms with van der Waals surface area (Å²) in [5, 5.41) is 3.39. The van der Waals surface area contributed by atoms with Gasteiger partial charge in [-0.2, -0.15) is 0 Å². The molecule has 0 bridgehead atoms. The number of nitrogens with one attached hydrogen (secondary N) is 1. The van der Waals surface area contributed by atoms with E-state index >= 15 is 0 Å². The van der Waals surface area contributed by atoms with E-state index in [4.69, 9.17) is 9.47 Å². The van der Waals surface area contributed by atoms with Crippen LogP contribution in [0.5, 0.6) is 5.75 Å². The molecule has 0 radical (unpaired) electrons. The topological polar surface area (TPSA) is 33.7 Å². The molecule has 4 heteroatoms. The molecule has 0 amide bonds. The number of ether oxygens (including phenoxy) is 2. The molecule has 1 atom stereocenters. The normalized spacial score (nSPS) is 24.5. The SMILES string of the molecule is c1cc(CN2CCNCC2)cc(OC2CCCOC2)c1. The summed E-state index contributed by atoms with van der Waals surface area (Å²) in [6, 6.07) is 8.51. The molecule has 0 saturated carbocycles. The molecule has 0 aliphatic carbocycles. The van der Waals surface area contributed by atoms with Crippen molar-refractivity contribution in [2.24, 2.45) is 0 Å². The van der Waals surface area contributed by atoms with Gasteiger partial charge in [0, 0.05) is 39.3 Å². The van der Waals surface area contributed by atoms with Gasteiger partial charge in [-0.15, -0.1) is 0 Å². The van der Waals surface area contributed by atoms with Gasteiger partial charge in [0.25, 0.3) is 0 Å². The summed E-state index contributed by atoms with van der Waals surface area (Å²) in [7, 11) is 0. The average Bonchev–Trinajstić information content (AvgIpc) is 2.50. The van der Waals surface area contributed by atoms with Crippen LogP contribution in [0.25, 0.3) is 0 Å². The van der Waals surface area contributed by atoms with Gasteiger partial charge in [0.2, 0.25) is 0 Å². The number of rotatable bonds is 4. The van der Waals surface area contributed by atoms with Gasteiger partial charge in [0.1, 0.15) is 11.9 Å². The highest BCUT2D eigenvalue weighted by molar-refractivity contribution is 5.28. The molecule has 20 heavy (non-hydrogen) atoms. The summed E-state index contributed by atoms with van der Waals surface area (Å²) in [4.78, 5) is 2.49. The van der Waals surface area contributed by atoms with Gasteiger partial charge in [0.15, 0.2) is 0 Å². The van der Waals surface area contributed by atoms with E-state index in [9.17, 15) is 0 Å². The van der Waals surface area contributed by atoms with E-state index in [0.717, 1.165) is 64.5 Å². The molecular weight excluding hydrogens is 252 g/mol. The Bertz CT molecular complexity index is 377. The molecule has 1 aromatic carbocycles. The van der Waals surface area contributed by atoms with Crippen molar-refractivity contribution in [3.05, 3.63) is 29.8 Å². The number of piperazine rings is 1. The highest BCUT2D eigenvalue weighted by atomic mass is 16.5. The Morgan fingerprint density at radius 3 is 3.00 bits per heavy atom. The molecular formula is C16H24N2O2. The van der Waals surface area contributed by atoms with E-state index in [1.807, 2.05) is 0 Å². The van der Waals surface area contributed by atoms with E-state index in [0.29, 0.717) is 0 Å². The van der Waals surface area contributed by atoms with Crippen LogP contribution in [0, 0.1) is 0 Å². The van der Waals surface area contributed by atoms with Crippen LogP contribution in [0.3, 0.4) is 0 Å². The van der Waals surface area contributed by atoms with Crippen molar-refractivity contribution in [1.29, 1.82) is 0 Å². The second-order valence-corrected chi connectivity index (χ2v) is 5.63. The average molecular weight is 276 g/mol. The molecule has 2 fully saturated rings. The zero-order valence-electron chi connectivity index (χ0n) is 12.0. The molecule has 2 aliphatic rings. The molecule has 2 saturated heterocycles. The smallest absolute Gasteiger partial charge is 0.122 e. The number of hydrogen-bond acceptors (Lipinski definition) is 4. The summed E-state index contributed by atoms with van der Waals surface area (Å²) >= 11 is 0. The Kier molecular flexibility index (Phi) is 4.90. The van der Waals surface area contributed by atoms with Crippen LogP contribution in [-0.4, -0.2) is 50.4 Å². The Labute approximate surface area is 121 Å². The molecule has 2 heterocycles. The van der Waals surface area contributed by atoms with Crippen molar-refractivity contribution in [3.63, 3.8) is 0 Å². The lowest BCUT2D eigenvalue weighted by molar-refractivity contribution is 0.00738.